The predicted octanol–water partition coefficient (Wildman–Crippen LogP) is 2.25. The van der Waals surface area contributed by atoms with Crippen molar-refractivity contribution in [2.75, 3.05) is 5.32 Å². The molecule has 1 aromatic rings. The Labute approximate surface area is 109 Å². The molecule has 0 aromatic heterocycles. The van der Waals surface area contributed by atoms with Crippen molar-refractivity contribution >= 4 is 11.7 Å². The lowest BCUT2D eigenvalue weighted by Crippen LogP contribution is -2.61. The molecule has 0 radical (unpaired) electrons. The molecule has 0 saturated heterocycles. The first kappa shape index (κ1) is 13.7. The molecule has 104 valence electrons. The number of halogens is 2. The molecule has 2 atom stereocenters. The minimum Gasteiger partial charge on any atom is -0.392 e. The van der Waals surface area contributed by atoms with Crippen LogP contribution in [0, 0.1) is 17.0 Å². The van der Waals surface area contributed by atoms with Gasteiger partial charge in [0.1, 0.15) is 11.6 Å². The number of anilines is 1. The molecule has 1 saturated carbocycles. The van der Waals surface area contributed by atoms with Gasteiger partial charge in [0.2, 0.25) is 0 Å². The quantitative estimate of drug-likeness (QED) is 0.772. The number of hydrogen-bond acceptors (Lipinski definition) is 2. The number of hydrogen-bond donors (Lipinski definition) is 3. The second kappa shape index (κ2) is 4.77. The predicted molar refractivity (Wildman–Crippen MR) is 66.7 cm³/mol. The van der Waals surface area contributed by atoms with Crippen molar-refractivity contribution in [1.29, 1.82) is 0 Å². The highest BCUT2D eigenvalue weighted by Gasteiger charge is 2.47. The lowest BCUT2D eigenvalue weighted by Gasteiger charge is -2.49. The van der Waals surface area contributed by atoms with Gasteiger partial charge < -0.3 is 15.7 Å². The normalized spacial score (nSPS) is 24.5. The molecule has 0 aliphatic heterocycles. The van der Waals surface area contributed by atoms with Crippen LogP contribution in [0.1, 0.15) is 20.3 Å². The lowest BCUT2D eigenvalue weighted by molar-refractivity contribution is -0.0673. The molecular formula is C13H16F2N2O2. The lowest BCUT2D eigenvalue weighted by atomic mass is 9.65. The van der Waals surface area contributed by atoms with Crippen molar-refractivity contribution in [2.24, 2.45) is 5.41 Å². The van der Waals surface area contributed by atoms with Crippen LogP contribution in [0.25, 0.3) is 0 Å². The Morgan fingerprint density at radius 2 is 2.11 bits per heavy atom. The van der Waals surface area contributed by atoms with Gasteiger partial charge in [-0.05, 0) is 18.6 Å². The van der Waals surface area contributed by atoms with Crippen LogP contribution >= 0.6 is 0 Å². The molecule has 19 heavy (non-hydrogen) atoms. The van der Waals surface area contributed by atoms with E-state index in [1.165, 1.54) is 0 Å². The second-order valence-corrected chi connectivity index (χ2v) is 5.35. The molecule has 0 spiro atoms. The average molecular weight is 270 g/mol. The number of nitrogens with one attached hydrogen (secondary N) is 2. The van der Waals surface area contributed by atoms with Crippen LogP contribution in [0.3, 0.4) is 0 Å². The summed E-state index contributed by atoms with van der Waals surface area (Å²) in [5.74, 6) is -1.53. The van der Waals surface area contributed by atoms with Crippen LogP contribution in [0.4, 0.5) is 19.3 Å². The molecule has 4 nitrogen and oxygen atoms in total. The summed E-state index contributed by atoms with van der Waals surface area (Å²) in [5, 5.41) is 14.5. The minimum absolute atomic E-state index is 0.0865. The van der Waals surface area contributed by atoms with Crippen LogP contribution in [0.2, 0.25) is 0 Å². The van der Waals surface area contributed by atoms with Gasteiger partial charge in [-0.2, -0.15) is 0 Å². The maximum absolute atomic E-state index is 13.3. The fourth-order valence-corrected chi connectivity index (χ4v) is 2.05. The van der Waals surface area contributed by atoms with Gasteiger partial charge in [0.15, 0.2) is 0 Å². The monoisotopic (exact) mass is 270 g/mol. The summed E-state index contributed by atoms with van der Waals surface area (Å²) in [5.41, 5.74) is -0.491. The van der Waals surface area contributed by atoms with Crippen molar-refractivity contribution < 1.29 is 18.7 Å². The summed E-state index contributed by atoms with van der Waals surface area (Å²) in [6, 6.07) is 2.18. The van der Waals surface area contributed by atoms with Crippen molar-refractivity contribution in [2.45, 2.75) is 32.4 Å². The number of aliphatic hydroxyl groups is 1. The third kappa shape index (κ3) is 2.68. The van der Waals surface area contributed by atoms with E-state index in [4.69, 9.17) is 0 Å². The fraction of sp³-hybridized carbons (Fsp3) is 0.462. The molecule has 1 fully saturated rings. The van der Waals surface area contributed by atoms with Crippen LogP contribution in [0.5, 0.6) is 0 Å². The van der Waals surface area contributed by atoms with Gasteiger partial charge in [0, 0.05) is 17.5 Å². The first-order chi connectivity index (χ1) is 8.80. The highest BCUT2D eigenvalue weighted by molar-refractivity contribution is 5.89. The summed E-state index contributed by atoms with van der Waals surface area (Å²) in [6.07, 6.45) is 0.00660. The van der Waals surface area contributed by atoms with Crippen LogP contribution in [-0.4, -0.2) is 23.3 Å². The molecule has 0 heterocycles. The Morgan fingerprint density at radius 3 is 2.63 bits per heavy atom. The Kier molecular flexibility index (Phi) is 3.45. The highest BCUT2D eigenvalue weighted by Crippen LogP contribution is 2.40. The van der Waals surface area contributed by atoms with Crippen LogP contribution in [0.15, 0.2) is 18.2 Å². The van der Waals surface area contributed by atoms with Crippen molar-refractivity contribution in [3.8, 4) is 0 Å². The maximum atomic E-state index is 13.3. The van der Waals surface area contributed by atoms with E-state index in [0.29, 0.717) is 12.5 Å². The molecule has 2 amide bonds. The first-order valence-electron chi connectivity index (χ1n) is 6.01. The number of carbonyl (C=O) groups is 1. The van der Waals surface area contributed by atoms with Crippen LogP contribution < -0.4 is 10.6 Å². The van der Waals surface area contributed by atoms with E-state index in [0.717, 1.165) is 12.1 Å². The summed E-state index contributed by atoms with van der Waals surface area (Å²) in [6.45, 7) is 3.68. The van der Waals surface area contributed by atoms with E-state index < -0.39 is 29.2 Å². The van der Waals surface area contributed by atoms with Gasteiger partial charge >= 0.3 is 6.03 Å². The van der Waals surface area contributed by atoms with Gasteiger partial charge in [0.25, 0.3) is 0 Å². The molecule has 1 aliphatic carbocycles. The smallest absolute Gasteiger partial charge is 0.319 e. The van der Waals surface area contributed by atoms with Gasteiger partial charge in [0.05, 0.1) is 11.8 Å². The number of benzene rings is 1. The molecule has 6 heteroatoms. The molecule has 2 rings (SSSR count). The second-order valence-electron chi connectivity index (χ2n) is 5.35. The Bertz CT molecular complexity index is 505. The van der Waals surface area contributed by atoms with Crippen molar-refractivity contribution in [3.05, 3.63) is 29.8 Å². The number of aliphatic hydroxyl groups excluding tert-OH is 1. The topological polar surface area (TPSA) is 61.4 Å². The zero-order valence-corrected chi connectivity index (χ0v) is 10.7. The Hall–Kier alpha value is -1.69. The number of carbonyl (C=O) groups excluding carboxylic acids is 1. The third-order valence-electron chi connectivity index (χ3n) is 3.70. The number of amides is 2. The van der Waals surface area contributed by atoms with Crippen molar-refractivity contribution in [3.63, 3.8) is 0 Å². The highest BCUT2D eigenvalue weighted by atomic mass is 19.1. The first-order valence-corrected chi connectivity index (χ1v) is 6.01. The van der Waals surface area contributed by atoms with E-state index >= 15 is 0 Å². The van der Waals surface area contributed by atoms with E-state index in [2.05, 4.69) is 10.6 Å². The largest absolute Gasteiger partial charge is 0.392 e. The van der Waals surface area contributed by atoms with E-state index in [-0.39, 0.29) is 11.7 Å². The summed E-state index contributed by atoms with van der Waals surface area (Å²) < 4.78 is 26.0. The van der Waals surface area contributed by atoms with Crippen molar-refractivity contribution in [1.82, 2.24) is 5.32 Å². The number of urea groups is 1. The van der Waals surface area contributed by atoms with Crippen LogP contribution in [-0.2, 0) is 0 Å². The molecule has 2 unspecified atom stereocenters. The Morgan fingerprint density at radius 1 is 1.42 bits per heavy atom. The summed E-state index contributed by atoms with van der Waals surface area (Å²) in [4.78, 5) is 11.7. The van der Waals surface area contributed by atoms with Gasteiger partial charge in [-0.3, -0.25) is 0 Å². The summed E-state index contributed by atoms with van der Waals surface area (Å²) >= 11 is 0. The average Bonchev–Trinajstić information content (AvgIpc) is 2.32. The maximum Gasteiger partial charge on any atom is 0.319 e. The summed E-state index contributed by atoms with van der Waals surface area (Å²) in [7, 11) is 0. The fourth-order valence-electron chi connectivity index (χ4n) is 2.05. The molecule has 1 aromatic carbocycles. The Balaban J connectivity index is 1.95. The molecule has 1 aliphatic rings. The standard InChI is InChI=1S/C13H16F2N2O2/c1-13(2)10(6-11(13)18)17-12(19)16-9-4-3-7(14)5-8(9)15/h3-5,10-11,18H,6H2,1-2H3,(H2,16,17,19). The van der Waals surface area contributed by atoms with E-state index in [1.807, 2.05) is 13.8 Å². The molecule has 3 N–H and O–H groups in total. The van der Waals surface area contributed by atoms with Gasteiger partial charge in [-0.1, -0.05) is 13.8 Å². The SMILES string of the molecule is CC1(C)C(O)CC1NC(=O)Nc1ccc(F)cc1F. The molecular weight excluding hydrogens is 254 g/mol. The van der Waals surface area contributed by atoms with Gasteiger partial charge in [-0.25, -0.2) is 13.6 Å². The third-order valence-corrected chi connectivity index (χ3v) is 3.70. The van der Waals surface area contributed by atoms with Gasteiger partial charge in [-0.15, -0.1) is 0 Å². The van der Waals surface area contributed by atoms with E-state index in [1.54, 1.807) is 0 Å². The zero-order chi connectivity index (χ0) is 14.2. The number of rotatable bonds is 2. The zero-order valence-electron chi connectivity index (χ0n) is 10.7. The molecule has 0 bridgehead atoms. The van der Waals surface area contributed by atoms with E-state index in [9.17, 15) is 18.7 Å². The minimum atomic E-state index is -0.831.